The minimum Gasteiger partial charge on any atom is -0.319 e. The maximum Gasteiger partial charge on any atom is -0.00262 e. The molecule has 0 aliphatic heterocycles. The third-order valence-electron chi connectivity index (χ3n) is 2.03. The normalized spacial score (nSPS) is 13.9. The number of hydrogen-bond donors (Lipinski definition) is 1. The van der Waals surface area contributed by atoms with E-state index in [9.17, 15) is 0 Å². The van der Waals surface area contributed by atoms with Gasteiger partial charge in [0.25, 0.3) is 0 Å². The van der Waals surface area contributed by atoms with Crippen molar-refractivity contribution in [3.05, 3.63) is 0 Å². The van der Waals surface area contributed by atoms with Gasteiger partial charge in [-0.3, -0.25) is 0 Å². The van der Waals surface area contributed by atoms with Crippen LogP contribution in [0, 0.1) is 11.8 Å². The van der Waals surface area contributed by atoms with Crippen LogP contribution >= 0.6 is 0 Å². The van der Waals surface area contributed by atoms with Crippen LogP contribution in [-0.4, -0.2) is 13.6 Å². The SMILES string of the molecule is CNCC(C)CCCC(C)C. The third kappa shape index (κ3) is 7.86. The summed E-state index contributed by atoms with van der Waals surface area (Å²) < 4.78 is 0. The van der Waals surface area contributed by atoms with E-state index in [4.69, 9.17) is 0 Å². The molecule has 0 bridgehead atoms. The fourth-order valence-electron chi connectivity index (χ4n) is 1.33. The summed E-state index contributed by atoms with van der Waals surface area (Å²) in [6, 6.07) is 0. The Morgan fingerprint density at radius 2 is 1.73 bits per heavy atom. The van der Waals surface area contributed by atoms with E-state index < -0.39 is 0 Å². The Bertz CT molecular complexity index is 78.9. The first kappa shape index (κ1) is 11.0. The molecule has 0 aliphatic carbocycles. The summed E-state index contributed by atoms with van der Waals surface area (Å²) in [5, 5.41) is 3.21. The largest absolute Gasteiger partial charge is 0.319 e. The van der Waals surface area contributed by atoms with E-state index in [2.05, 4.69) is 26.1 Å². The topological polar surface area (TPSA) is 12.0 Å². The Kier molecular flexibility index (Phi) is 6.63. The number of rotatable bonds is 6. The molecule has 0 rings (SSSR count). The summed E-state index contributed by atoms with van der Waals surface area (Å²) in [6.07, 6.45) is 4.15. The molecule has 0 spiro atoms. The molecule has 11 heavy (non-hydrogen) atoms. The van der Waals surface area contributed by atoms with Crippen molar-refractivity contribution < 1.29 is 0 Å². The fraction of sp³-hybridized carbons (Fsp3) is 1.00. The van der Waals surface area contributed by atoms with Crippen LogP contribution in [0.25, 0.3) is 0 Å². The van der Waals surface area contributed by atoms with Crippen molar-refractivity contribution in [2.24, 2.45) is 11.8 Å². The Morgan fingerprint density at radius 1 is 1.09 bits per heavy atom. The minimum atomic E-state index is 0.846. The molecule has 1 heteroatoms. The van der Waals surface area contributed by atoms with Gasteiger partial charge in [-0.25, -0.2) is 0 Å². The van der Waals surface area contributed by atoms with E-state index >= 15 is 0 Å². The standard InChI is InChI=1S/C10H23N/c1-9(2)6-5-7-10(3)8-11-4/h9-11H,5-8H2,1-4H3. The molecule has 0 aromatic heterocycles. The summed E-state index contributed by atoms with van der Waals surface area (Å²) in [4.78, 5) is 0. The van der Waals surface area contributed by atoms with E-state index in [0.717, 1.165) is 18.4 Å². The molecule has 0 heterocycles. The zero-order chi connectivity index (χ0) is 8.69. The van der Waals surface area contributed by atoms with Gasteiger partial charge < -0.3 is 5.32 Å². The summed E-state index contributed by atoms with van der Waals surface area (Å²) in [5.74, 6) is 1.72. The first-order valence-electron chi connectivity index (χ1n) is 4.81. The molecule has 1 atom stereocenters. The monoisotopic (exact) mass is 157 g/mol. The second-order valence-electron chi connectivity index (χ2n) is 3.99. The van der Waals surface area contributed by atoms with Crippen molar-refractivity contribution in [1.29, 1.82) is 0 Å². The van der Waals surface area contributed by atoms with E-state index in [0.29, 0.717) is 0 Å². The van der Waals surface area contributed by atoms with Gasteiger partial charge in [-0.15, -0.1) is 0 Å². The first-order chi connectivity index (χ1) is 5.16. The first-order valence-corrected chi connectivity index (χ1v) is 4.81. The molecule has 0 aromatic rings. The van der Waals surface area contributed by atoms with Crippen LogP contribution in [0.15, 0.2) is 0 Å². The van der Waals surface area contributed by atoms with Gasteiger partial charge in [-0.05, 0) is 31.8 Å². The van der Waals surface area contributed by atoms with Gasteiger partial charge in [0.15, 0.2) is 0 Å². The Balaban J connectivity index is 3.10. The van der Waals surface area contributed by atoms with Crippen molar-refractivity contribution in [2.75, 3.05) is 13.6 Å². The van der Waals surface area contributed by atoms with E-state index in [-0.39, 0.29) is 0 Å². The van der Waals surface area contributed by atoms with Crippen LogP contribution in [0.1, 0.15) is 40.0 Å². The molecule has 1 nitrogen and oxygen atoms in total. The van der Waals surface area contributed by atoms with Crippen molar-refractivity contribution >= 4 is 0 Å². The van der Waals surface area contributed by atoms with Crippen molar-refractivity contribution in [3.63, 3.8) is 0 Å². The highest BCUT2D eigenvalue weighted by atomic mass is 14.8. The lowest BCUT2D eigenvalue weighted by atomic mass is 10.00. The van der Waals surface area contributed by atoms with Gasteiger partial charge in [0.2, 0.25) is 0 Å². The third-order valence-corrected chi connectivity index (χ3v) is 2.03. The molecule has 0 fully saturated rings. The zero-order valence-electron chi connectivity index (χ0n) is 8.48. The fourth-order valence-corrected chi connectivity index (χ4v) is 1.33. The predicted molar refractivity (Wildman–Crippen MR) is 51.8 cm³/mol. The highest BCUT2D eigenvalue weighted by Gasteiger charge is 2.00. The van der Waals surface area contributed by atoms with Gasteiger partial charge >= 0.3 is 0 Å². The Morgan fingerprint density at radius 3 is 2.18 bits per heavy atom. The van der Waals surface area contributed by atoms with Crippen molar-refractivity contribution in [2.45, 2.75) is 40.0 Å². The lowest BCUT2D eigenvalue weighted by Crippen LogP contribution is -2.16. The van der Waals surface area contributed by atoms with Crippen LogP contribution in [0.3, 0.4) is 0 Å². The summed E-state index contributed by atoms with van der Waals surface area (Å²) in [7, 11) is 2.03. The van der Waals surface area contributed by atoms with Crippen molar-refractivity contribution in [3.8, 4) is 0 Å². The molecule has 68 valence electrons. The quantitative estimate of drug-likeness (QED) is 0.625. The Labute approximate surface area is 71.6 Å². The van der Waals surface area contributed by atoms with Crippen LogP contribution in [0.5, 0.6) is 0 Å². The maximum atomic E-state index is 3.21. The Hall–Kier alpha value is -0.0400. The van der Waals surface area contributed by atoms with Gasteiger partial charge in [-0.2, -0.15) is 0 Å². The summed E-state index contributed by atoms with van der Waals surface area (Å²) in [6.45, 7) is 8.07. The van der Waals surface area contributed by atoms with Gasteiger partial charge in [0.1, 0.15) is 0 Å². The van der Waals surface area contributed by atoms with Crippen LogP contribution in [-0.2, 0) is 0 Å². The molecule has 0 saturated heterocycles. The lowest BCUT2D eigenvalue weighted by molar-refractivity contribution is 0.445. The smallest absolute Gasteiger partial charge is 0.00262 e. The van der Waals surface area contributed by atoms with Gasteiger partial charge in [0.05, 0.1) is 0 Å². The van der Waals surface area contributed by atoms with Crippen LogP contribution < -0.4 is 5.32 Å². The van der Waals surface area contributed by atoms with Crippen LogP contribution in [0.2, 0.25) is 0 Å². The molecular weight excluding hydrogens is 134 g/mol. The zero-order valence-corrected chi connectivity index (χ0v) is 8.48. The molecule has 0 saturated carbocycles. The molecule has 0 amide bonds. The van der Waals surface area contributed by atoms with Crippen molar-refractivity contribution in [1.82, 2.24) is 5.32 Å². The second-order valence-corrected chi connectivity index (χ2v) is 3.99. The second kappa shape index (κ2) is 6.66. The van der Waals surface area contributed by atoms with E-state index in [1.165, 1.54) is 19.3 Å². The molecule has 1 N–H and O–H groups in total. The average Bonchev–Trinajstić information content (AvgIpc) is 1.87. The highest BCUT2D eigenvalue weighted by Crippen LogP contribution is 2.11. The van der Waals surface area contributed by atoms with E-state index in [1.807, 2.05) is 7.05 Å². The molecule has 0 aliphatic rings. The molecule has 1 unspecified atom stereocenters. The summed E-state index contributed by atoms with van der Waals surface area (Å²) in [5.41, 5.74) is 0. The highest BCUT2D eigenvalue weighted by molar-refractivity contribution is 4.56. The average molecular weight is 157 g/mol. The maximum absolute atomic E-state index is 3.21. The minimum absolute atomic E-state index is 0.846. The van der Waals surface area contributed by atoms with Gasteiger partial charge in [-0.1, -0.05) is 33.6 Å². The number of hydrogen-bond acceptors (Lipinski definition) is 1. The van der Waals surface area contributed by atoms with E-state index in [1.54, 1.807) is 0 Å². The number of nitrogens with one attached hydrogen (secondary N) is 1. The molecule has 0 aromatic carbocycles. The van der Waals surface area contributed by atoms with Crippen LogP contribution in [0.4, 0.5) is 0 Å². The molecule has 0 radical (unpaired) electrons. The summed E-state index contributed by atoms with van der Waals surface area (Å²) >= 11 is 0. The molecular formula is C10H23N. The predicted octanol–water partition coefficient (Wildman–Crippen LogP) is 2.67. The van der Waals surface area contributed by atoms with Gasteiger partial charge in [0, 0.05) is 0 Å². The lowest BCUT2D eigenvalue weighted by Gasteiger charge is -2.10.